The second-order valence-corrected chi connectivity index (χ2v) is 13.6. The number of amides is 1. The largest absolute Gasteiger partial charge is 0.456 e. The zero-order valence-electron chi connectivity index (χ0n) is 23.8. The first-order chi connectivity index (χ1) is 19.2. The number of hydrogen-bond acceptors (Lipinski definition) is 5. The van der Waals surface area contributed by atoms with Gasteiger partial charge in [0.25, 0.3) is 0 Å². The van der Waals surface area contributed by atoms with E-state index >= 15 is 0 Å². The van der Waals surface area contributed by atoms with Crippen molar-refractivity contribution in [2.24, 2.45) is 11.8 Å². The second kappa shape index (κ2) is 14.6. The van der Waals surface area contributed by atoms with Gasteiger partial charge in [0.2, 0.25) is 15.9 Å². The summed E-state index contributed by atoms with van der Waals surface area (Å²) in [5.41, 5.74) is 1.59. The quantitative estimate of drug-likeness (QED) is 0.279. The number of sulfonamides is 1. The second-order valence-electron chi connectivity index (χ2n) is 11.5. The van der Waals surface area contributed by atoms with Crippen LogP contribution in [0.25, 0.3) is 0 Å². The molecule has 9 heteroatoms. The van der Waals surface area contributed by atoms with Gasteiger partial charge in [-0.1, -0.05) is 62.8 Å². The van der Waals surface area contributed by atoms with Gasteiger partial charge >= 0.3 is 0 Å². The van der Waals surface area contributed by atoms with Crippen molar-refractivity contribution in [3.8, 4) is 11.5 Å². The minimum atomic E-state index is -3.37. The molecule has 1 aliphatic carbocycles. The van der Waals surface area contributed by atoms with E-state index in [4.69, 9.17) is 16.3 Å². The zero-order chi connectivity index (χ0) is 28.5. The minimum absolute atomic E-state index is 0.191. The van der Waals surface area contributed by atoms with Crippen molar-refractivity contribution in [1.29, 1.82) is 0 Å². The monoisotopic (exact) mass is 589 g/mol. The number of ether oxygens (including phenoxy) is 1. The van der Waals surface area contributed by atoms with Gasteiger partial charge in [-0.05, 0) is 73.9 Å². The Morgan fingerprint density at radius 2 is 1.75 bits per heavy atom. The molecule has 1 saturated heterocycles. The summed E-state index contributed by atoms with van der Waals surface area (Å²) in [4.78, 5) is 15.7. The standard InChI is InChI=1S/C31H44ClN3O4S/c1-3-4-10-28(24-8-6-5-7-9-24)31(36)33-25-17-19-35(20-18-25)22-23-11-14-27(15-12-23)39-30-16-13-26(21-29(30)32)34-40(2,37)38/h11-16,21,24-25,28,34H,3-10,17-20,22H2,1-2H3,(H,33,36). The van der Waals surface area contributed by atoms with E-state index in [0.717, 1.165) is 58.0 Å². The smallest absolute Gasteiger partial charge is 0.229 e. The van der Waals surface area contributed by atoms with Gasteiger partial charge in [0, 0.05) is 31.6 Å². The van der Waals surface area contributed by atoms with Gasteiger partial charge in [0.1, 0.15) is 11.5 Å². The number of rotatable bonds is 12. The van der Waals surface area contributed by atoms with Crippen molar-refractivity contribution in [3.05, 3.63) is 53.1 Å². The first kappa shape index (κ1) is 30.7. The minimum Gasteiger partial charge on any atom is -0.456 e. The summed E-state index contributed by atoms with van der Waals surface area (Å²) in [7, 11) is -3.37. The number of halogens is 1. The normalized spacial score (nSPS) is 18.3. The predicted molar refractivity (Wildman–Crippen MR) is 162 cm³/mol. The van der Waals surface area contributed by atoms with Crippen molar-refractivity contribution < 1.29 is 17.9 Å². The third kappa shape index (κ3) is 9.38. The molecule has 220 valence electrons. The number of carbonyl (C=O) groups is 1. The van der Waals surface area contributed by atoms with Gasteiger partial charge in [0.15, 0.2) is 0 Å². The molecule has 2 aliphatic rings. The lowest BCUT2D eigenvalue weighted by atomic mass is 9.77. The number of anilines is 1. The molecule has 2 fully saturated rings. The van der Waals surface area contributed by atoms with E-state index in [0.29, 0.717) is 34.0 Å². The van der Waals surface area contributed by atoms with E-state index in [2.05, 4.69) is 34.0 Å². The Bertz CT molecular complexity index is 1210. The number of benzene rings is 2. The molecule has 1 heterocycles. The van der Waals surface area contributed by atoms with Crippen LogP contribution < -0.4 is 14.8 Å². The van der Waals surface area contributed by atoms with Crippen LogP contribution in [-0.4, -0.2) is 44.6 Å². The number of unbranched alkanes of at least 4 members (excludes halogenated alkanes) is 1. The molecule has 1 saturated carbocycles. The molecule has 4 rings (SSSR count). The number of nitrogens with zero attached hydrogens (tertiary/aromatic N) is 1. The van der Waals surface area contributed by atoms with E-state index < -0.39 is 10.0 Å². The van der Waals surface area contributed by atoms with Crippen LogP contribution in [0.4, 0.5) is 5.69 Å². The van der Waals surface area contributed by atoms with E-state index in [-0.39, 0.29) is 12.0 Å². The van der Waals surface area contributed by atoms with Crippen LogP contribution in [0.2, 0.25) is 5.02 Å². The van der Waals surface area contributed by atoms with Gasteiger partial charge in [0.05, 0.1) is 17.0 Å². The maximum absolute atomic E-state index is 13.3. The van der Waals surface area contributed by atoms with Crippen LogP contribution >= 0.6 is 11.6 Å². The van der Waals surface area contributed by atoms with E-state index in [9.17, 15) is 13.2 Å². The third-order valence-electron chi connectivity index (χ3n) is 8.15. The maximum Gasteiger partial charge on any atom is 0.229 e. The topological polar surface area (TPSA) is 87.7 Å². The SMILES string of the molecule is CCCCC(C(=O)NC1CCN(Cc2ccc(Oc3ccc(NS(C)(=O)=O)cc3Cl)cc2)CC1)C1CCCCC1. The van der Waals surface area contributed by atoms with Gasteiger partial charge in [-0.15, -0.1) is 0 Å². The lowest BCUT2D eigenvalue weighted by Crippen LogP contribution is -2.47. The molecular weight excluding hydrogens is 546 g/mol. The lowest BCUT2D eigenvalue weighted by molar-refractivity contribution is -0.128. The molecule has 7 nitrogen and oxygen atoms in total. The highest BCUT2D eigenvalue weighted by molar-refractivity contribution is 7.92. The Labute approximate surface area is 245 Å². The fourth-order valence-electron chi connectivity index (χ4n) is 5.99. The number of piperidine rings is 1. The van der Waals surface area contributed by atoms with Crippen LogP contribution in [0, 0.1) is 11.8 Å². The fraction of sp³-hybridized carbons (Fsp3) is 0.581. The average molecular weight is 590 g/mol. The van der Waals surface area contributed by atoms with E-state index in [1.807, 2.05) is 12.1 Å². The molecule has 1 aliphatic heterocycles. The van der Waals surface area contributed by atoms with Crippen LogP contribution in [-0.2, 0) is 21.4 Å². The molecule has 1 unspecified atom stereocenters. The number of carbonyl (C=O) groups excluding carboxylic acids is 1. The van der Waals surface area contributed by atoms with Gasteiger partial charge in [-0.2, -0.15) is 0 Å². The summed E-state index contributed by atoms with van der Waals surface area (Å²) in [6, 6.07) is 13.0. The Hall–Kier alpha value is -2.29. The molecule has 0 spiro atoms. The summed E-state index contributed by atoms with van der Waals surface area (Å²) in [6.45, 7) is 5.00. The molecule has 2 aromatic rings. The molecule has 40 heavy (non-hydrogen) atoms. The first-order valence-corrected chi connectivity index (χ1v) is 17.0. The van der Waals surface area contributed by atoms with Crippen molar-refractivity contribution in [3.63, 3.8) is 0 Å². The lowest BCUT2D eigenvalue weighted by Gasteiger charge is -2.35. The van der Waals surface area contributed by atoms with Gasteiger partial charge in [-0.25, -0.2) is 8.42 Å². The van der Waals surface area contributed by atoms with Crippen LogP contribution in [0.3, 0.4) is 0 Å². The Kier molecular flexibility index (Phi) is 11.2. The molecule has 1 amide bonds. The maximum atomic E-state index is 13.3. The van der Waals surface area contributed by atoms with Crippen molar-refractivity contribution in [2.45, 2.75) is 83.7 Å². The summed E-state index contributed by atoms with van der Waals surface area (Å²) in [5.74, 6) is 2.18. The van der Waals surface area contributed by atoms with Crippen molar-refractivity contribution in [1.82, 2.24) is 10.2 Å². The molecule has 0 radical (unpaired) electrons. The third-order valence-corrected chi connectivity index (χ3v) is 9.05. The molecule has 0 bridgehead atoms. The van der Waals surface area contributed by atoms with Crippen molar-refractivity contribution in [2.75, 3.05) is 24.1 Å². The van der Waals surface area contributed by atoms with E-state index in [1.54, 1.807) is 12.1 Å². The van der Waals surface area contributed by atoms with Crippen molar-refractivity contribution >= 4 is 33.2 Å². The number of hydrogen-bond donors (Lipinski definition) is 2. The zero-order valence-corrected chi connectivity index (χ0v) is 25.4. The van der Waals surface area contributed by atoms with Gasteiger partial charge < -0.3 is 10.1 Å². The Morgan fingerprint density at radius 1 is 1.05 bits per heavy atom. The molecule has 0 aromatic heterocycles. The highest BCUT2D eigenvalue weighted by atomic mass is 35.5. The van der Waals surface area contributed by atoms with Gasteiger partial charge in [-0.3, -0.25) is 14.4 Å². The molecule has 1 atom stereocenters. The Balaban J connectivity index is 1.24. The summed E-state index contributed by atoms with van der Waals surface area (Å²) < 4.78 is 31.2. The number of nitrogens with one attached hydrogen (secondary N) is 2. The summed E-state index contributed by atoms with van der Waals surface area (Å²) >= 11 is 6.30. The van der Waals surface area contributed by atoms with Crippen LogP contribution in [0.5, 0.6) is 11.5 Å². The molecular formula is C31H44ClN3O4S. The average Bonchev–Trinajstić information content (AvgIpc) is 2.92. The molecule has 2 N–H and O–H groups in total. The highest BCUT2D eigenvalue weighted by Gasteiger charge is 2.31. The van der Waals surface area contributed by atoms with Crippen LogP contribution in [0.1, 0.15) is 76.7 Å². The van der Waals surface area contributed by atoms with Crippen LogP contribution in [0.15, 0.2) is 42.5 Å². The molecule has 2 aromatic carbocycles. The predicted octanol–water partition coefficient (Wildman–Crippen LogP) is 6.97. The summed E-state index contributed by atoms with van der Waals surface area (Å²) in [6.07, 6.45) is 12.7. The Morgan fingerprint density at radius 3 is 2.38 bits per heavy atom. The summed E-state index contributed by atoms with van der Waals surface area (Å²) in [5, 5.41) is 3.75. The number of likely N-dealkylation sites (tertiary alicyclic amines) is 1. The fourth-order valence-corrected chi connectivity index (χ4v) is 6.77. The first-order valence-electron chi connectivity index (χ1n) is 14.8. The highest BCUT2D eigenvalue weighted by Crippen LogP contribution is 2.34. The van der Waals surface area contributed by atoms with E-state index in [1.165, 1.54) is 43.7 Å².